The first kappa shape index (κ1) is 15.3. The van der Waals surface area contributed by atoms with Gasteiger partial charge in [-0.05, 0) is 19.1 Å². The zero-order valence-corrected chi connectivity index (χ0v) is 12.4. The van der Waals surface area contributed by atoms with Crippen LogP contribution < -0.4 is 10.1 Å². The predicted molar refractivity (Wildman–Crippen MR) is 78.4 cm³/mol. The van der Waals surface area contributed by atoms with Crippen LogP contribution in [0, 0.1) is 0 Å². The number of fused-ring (bicyclic) bond motifs is 1. The molecule has 2 atom stereocenters. The maximum atomic E-state index is 12.8. The molecule has 8 nitrogen and oxygen atoms in total. The Morgan fingerprint density at radius 2 is 2.17 bits per heavy atom. The summed E-state index contributed by atoms with van der Waals surface area (Å²) in [5.41, 5.74) is 0.626. The van der Waals surface area contributed by atoms with Crippen molar-refractivity contribution in [2.45, 2.75) is 19.1 Å². The van der Waals surface area contributed by atoms with Gasteiger partial charge in [0.25, 0.3) is 11.8 Å². The van der Waals surface area contributed by atoms with Crippen LogP contribution in [0.5, 0.6) is 5.75 Å². The van der Waals surface area contributed by atoms with Gasteiger partial charge in [-0.2, -0.15) is 0 Å². The number of rotatable bonds is 2. The molecule has 1 saturated heterocycles. The molecule has 2 unspecified atom stereocenters. The van der Waals surface area contributed by atoms with Crippen molar-refractivity contribution in [1.29, 1.82) is 0 Å². The monoisotopic (exact) mass is 320 g/mol. The van der Waals surface area contributed by atoms with E-state index in [1.807, 2.05) is 0 Å². The van der Waals surface area contributed by atoms with Gasteiger partial charge >= 0.3 is 5.97 Å². The highest BCUT2D eigenvalue weighted by atomic mass is 16.5. The van der Waals surface area contributed by atoms with Gasteiger partial charge in [0.15, 0.2) is 17.9 Å². The van der Waals surface area contributed by atoms with Crippen LogP contribution in [-0.4, -0.2) is 59.7 Å². The van der Waals surface area contributed by atoms with E-state index in [-0.39, 0.29) is 37.0 Å². The Kier molecular flexibility index (Phi) is 3.91. The second kappa shape index (κ2) is 5.88. The van der Waals surface area contributed by atoms with Gasteiger partial charge in [0.05, 0.1) is 24.5 Å². The molecule has 8 heteroatoms. The lowest BCUT2D eigenvalue weighted by atomic mass is 10.1. The summed E-state index contributed by atoms with van der Waals surface area (Å²) in [5.74, 6) is -1.61. The minimum atomic E-state index is -1.12. The Balaban J connectivity index is 1.95. The van der Waals surface area contributed by atoms with Gasteiger partial charge in [-0.3, -0.25) is 9.59 Å². The molecule has 0 radical (unpaired) electrons. The Labute approximate surface area is 132 Å². The highest BCUT2D eigenvalue weighted by Crippen LogP contribution is 2.34. The summed E-state index contributed by atoms with van der Waals surface area (Å²) < 4.78 is 10.7. The van der Waals surface area contributed by atoms with Crippen LogP contribution in [-0.2, 0) is 14.3 Å². The van der Waals surface area contributed by atoms with Crippen molar-refractivity contribution >= 4 is 23.5 Å². The largest absolute Gasteiger partial charge is 0.480 e. The number of hydrogen-bond acceptors (Lipinski definition) is 5. The zero-order chi connectivity index (χ0) is 16.6. The summed E-state index contributed by atoms with van der Waals surface area (Å²) in [6.45, 7) is 1.98. The van der Waals surface area contributed by atoms with Gasteiger partial charge in [0.1, 0.15) is 0 Å². The molecule has 2 heterocycles. The number of nitrogens with zero attached hydrogens (tertiary/aromatic N) is 1. The number of ether oxygens (including phenoxy) is 2. The average molecular weight is 320 g/mol. The van der Waals surface area contributed by atoms with E-state index in [4.69, 9.17) is 9.47 Å². The number of benzene rings is 1. The van der Waals surface area contributed by atoms with Crippen molar-refractivity contribution in [3.05, 3.63) is 23.8 Å². The van der Waals surface area contributed by atoms with E-state index in [1.165, 1.54) is 4.90 Å². The molecule has 0 aromatic heterocycles. The molecular formula is C15H16N2O6. The summed E-state index contributed by atoms with van der Waals surface area (Å²) in [6, 6.07) is 3.76. The molecule has 23 heavy (non-hydrogen) atoms. The van der Waals surface area contributed by atoms with Gasteiger partial charge < -0.3 is 24.8 Å². The number of aliphatic carboxylic acids is 1. The lowest BCUT2D eigenvalue weighted by Crippen LogP contribution is -2.52. The number of carbonyl (C=O) groups excluding carboxylic acids is 2. The highest BCUT2D eigenvalue weighted by Gasteiger charge is 2.36. The molecule has 1 aromatic rings. The molecule has 0 saturated carbocycles. The van der Waals surface area contributed by atoms with Crippen molar-refractivity contribution in [2.75, 3.05) is 25.1 Å². The quantitative estimate of drug-likeness (QED) is 0.814. The number of carbonyl (C=O) groups is 3. The van der Waals surface area contributed by atoms with Crippen LogP contribution >= 0.6 is 0 Å². The summed E-state index contributed by atoms with van der Waals surface area (Å²) in [4.78, 5) is 37.0. The maximum absolute atomic E-state index is 12.8. The van der Waals surface area contributed by atoms with Gasteiger partial charge in [0, 0.05) is 6.54 Å². The molecule has 2 amide bonds. The number of nitrogens with one attached hydrogen (secondary N) is 1. The number of para-hydroxylation sites is 1. The van der Waals surface area contributed by atoms with E-state index in [0.29, 0.717) is 5.69 Å². The summed E-state index contributed by atoms with van der Waals surface area (Å²) in [5, 5.41) is 11.9. The van der Waals surface area contributed by atoms with Gasteiger partial charge in [-0.25, -0.2) is 4.79 Å². The number of anilines is 1. The van der Waals surface area contributed by atoms with Gasteiger partial charge in [0.2, 0.25) is 0 Å². The first-order valence-corrected chi connectivity index (χ1v) is 7.21. The normalized spacial score (nSPS) is 23.5. The van der Waals surface area contributed by atoms with E-state index in [2.05, 4.69) is 5.32 Å². The Bertz CT molecular complexity index is 674. The fraction of sp³-hybridized carbons (Fsp3) is 0.400. The maximum Gasteiger partial charge on any atom is 0.328 e. The van der Waals surface area contributed by atoms with Crippen molar-refractivity contribution in [2.24, 2.45) is 0 Å². The second-order valence-electron chi connectivity index (χ2n) is 5.36. The van der Waals surface area contributed by atoms with Crippen LogP contribution in [0.25, 0.3) is 0 Å². The molecular weight excluding hydrogens is 304 g/mol. The topological polar surface area (TPSA) is 105 Å². The van der Waals surface area contributed by atoms with Gasteiger partial charge in [-0.1, -0.05) is 6.07 Å². The van der Waals surface area contributed by atoms with Crippen LogP contribution in [0.1, 0.15) is 17.3 Å². The average Bonchev–Trinajstić information content (AvgIpc) is 2.54. The molecule has 122 valence electrons. The number of amides is 2. The second-order valence-corrected chi connectivity index (χ2v) is 5.36. The first-order valence-electron chi connectivity index (χ1n) is 7.21. The summed E-state index contributed by atoms with van der Waals surface area (Å²) >= 11 is 0. The third kappa shape index (κ3) is 2.72. The zero-order valence-electron chi connectivity index (χ0n) is 12.4. The Morgan fingerprint density at radius 1 is 1.39 bits per heavy atom. The molecule has 0 bridgehead atoms. The van der Waals surface area contributed by atoms with Crippen LogP contribution in [0.2, 0.25) is 0 Å². The van der Waals surface area contributed by atoms with E-state index in [0.717, 1.165) is 0 Å². The number of carboxylic acid groups (broad SMARTS) is 1. The molecule has 3 rings (SSSR count). The molecule has 2 N–H and O–H groups in total. The number of morpholine rings is 1. The van der Waals surface area contributed by atoms with Crippen molar-refractivity contribution in [3.8, 4) is 5.75 Å². The van der Waals surface area contributed by atoms with E-state index >= 15 is 0 Å². The van der Waals surface area contributed by atoms with Crippen molar-refractivity contribution in [3.63, 3.8) is 0 Å². The fourth-order valence-electron chi connectivity index (χ4n) is 2.60. The molecule has 0 aliphatic carbocycles. The Hall–Kier alpha value is -2.61. The fourth-order valence-corrected chi connectivity index (χ4v) is 2.60. The number of hydrogen-bond donors (Lipinski definition) is 2. The van der Waals surface area contributed by atoms with Gasteiger partial charge in [-0.15, -0.1) is 0 Å². The predicted octanol–water partition coefficient (Wildman–Crippen LogP) is 0.332. The third-order valence-electron chi connectivity index (χ3n) is 3.84. The highest BCUT2D eigenvalue weighted by molar-refractivity contribution is 6.04. The van der Waals surface area contributed by atoms with Crippen molar-refractivity contribution in [1.82, 2.24) is 4.90 Å². The van der Waals surface area contributed by atoms with E-state index in [1.54, 1.807) is 25.1 Å². The Morgan fingerprint density at radius 3 is 2.91 bits per heavy atom. The lowest BCUT2D eigenvalue weighted by Gasteiger charge is -2.34. The van der Waals surface area contributed by atoms with Crippen LogP contribution in [0.3, 0.4) is 0 Å². The smallest absolute Gasteiger partial charge is 0.328 e. The number of carboxylic acids is 1. The van der Waals surface area contributed by atoms with Crippen molar-refractivity contribution < 1.29 is 29.0 Å². The molecule has 2 aliphatic rings. The standard InChI is InChI=1S/C15H16N2O6/c1-8-13(18)16-10-4-2-3-9(12(10)23-8)14(19)17-5-6-22-7-11(17)15(20)21/h2-4,8,11H,5-7H2,1H3,(H,16,18)(H,20,21). The lowest BCUT2D eigenvalue weighted by molar-refractivity contribution is -0.147. The summed E-state index contributed by atoms with van der Waals surface area (Å²) in [7, 11) is 0. The van der Waals surface area contributed by atoms with E-state index < -0.39 is 24.0 Å². The molecule has 1 fully saturated rings. The molecule has 2 aliphatic heterocycles. The minimum Gasteiger partial charge on any atom is -0.480 e. The van der Waals surface area contributed by atoms with E-state index in [9.17, 15) is 19.5 Å². The SMILES string of the molecule is CC1Oc2c(cccc2C(=O)N2CCOCC2C(=O)O)NC1=O. The van der Waals surface area contributed by atoms with Crippen LogP contribution in [0.4, 0.5) is 5.69 Å². The minimum absolute atomic E-state index is 0.0515. The molecule has 0 spiro atoms. The van der Waals surface area contributed by atoms with Crippen LogP contribution in [0.15, 0.2) is 18.2 Å². The molecule has 1 aromatic carbocycles. The summed E-state index contributed by atoms with van der Waals surface area (Å²) in [6.07, 6.45) is -0.726. The first-order chi connectivity index (χ1) is 11.0. The third-order valence-corrected chi connectivity index (χ3v) is 3.84.